The smallest absolute Gasteiger partial charge is 0.325 e. The van der Waals surface area contributed by atoms with Crippen molar-refractivity contribution in [1.29, 1.82) is 0 Å². The molecule has 0 radical (unpaired) electrons. The molecular formula is C19H22FNO5S. The van der Waals surface area contributed by atoms with Crippen LogP contribution in [0.25, 0.3) is 11.1 Å². The van der Waals surface area contributed by atoms with Crippen LogP contribution in [0, 0.1) is 11.7 Å². The summed E-state index contributed by atoms with van der Waals surface area (Å²) in [6.45, 7) is 2.53. The molecule has 2 aromatic rings. The van der Waals surface area contributed by atoms with Crippen molar-refractivity contribution >= 4 is 15.8 Å². The van der Waals surface area contributed by atoms with E-state index in [1.807, 2.05) is 0 Å². The molecule has 0 amide bonds. The van der Waals surface area contributed by atoms with Crippen molar-refractivity contribution in [3.8, 4) is 11.1 Å². The first-order chi connectivity index (χ1) is 12.5. The molecule has 1 aromatic heterocycles. The summed E-state index contributed by atoms with van der Waals surface area (Å²) in [5, 5.41) is 9.52. The standard InChI is InChI=1S/C19H22FNO5S/c1-4-14(19(2,18(23)24)27(3,25)26)11-21-12-16(20)15(10-17(21)22)13-8-6-5-7-9-13/h5-10,12,14H,4,11H2,1-3H3,(H,23,24)/t14?,19-/m1/s1. The Balaban J connectivity index is 2.49. The number of sulfone groups is 1. The zero-order valence-corrected chi connectivity index (χ0v) is 16.2. The Labute approximate surface area is 157 Å². The number of carboxylic acids is 1. The number of hydrogen-bond acceptors (Lipinski definition) is 4. The number of rotatable bonds is 7. The fourth-order valence-electron chi connectivity index (χ4n) is 3.09. The quantitative estimate of drug-likeness (QED) is 0.778. The van der Waals surface area contributed by atoms with E-state index in [-0.39, 0.29) is 18.5 Å². The summed E-state index contributed by atoms with van der Waals surface area (Å²) in [5.41, 5.74) is 0.141. The first kappa shape index (κ1) is 20.8. The summed E-state index contributed by atoms with van der Waals surface area (Å²) in [6.07, 6.45) is 2.04. The van der Waals surface area contributed by atoms with E-state index in [1.165, 1.54) is 0 Å². The number of carbonyl (C=O) groups is 1. The fraction of sp³-hybridized carbons (Fsp3) is 0.368. The monoisotopic (exact) mass is 395 g/mol. The predicted octanol–water partition coefficient (Wildman–Crippen LogP) is 2.57. The van der Waals surface area contributed by atoms with Crippen molar-refractivity contribution in [2.45, 2.75) is 31.6 Å². The van der Waals surface area contributed by atoms with Gasteiger partial charge in [-0.3, -0.25) is 9.59 Å². The summed E-state index contributed by atoms with van der Waals surface area (Å²) >= 11 is 0. The molecule has 0 saturated carbocycles. The van der Waals surface area contributed by atoms with Gasteiger partial charge in [-0.05, 0) is 18.9 Å². The average molecular weight is 395 g/mol. The Bertz CT molecular complexity index is 1000. The summed E-state index contributed by atoms with van der Waals surface area (Å²) in [7, 11) is -3.98. The second kappa shape index (κ2) is 7.64. The molecule has 2 atom stereocenters. The molecule has 27 heavy (non-hydrogen) atoms. The zero-order chi connectivity index (χ0) is 20.4. The Morgan fingerprint density at radius 1 is 1.30 bits per heavy atom. The summed E-state index contributed by atoms with van der Waals surface area (Å²) < 4.78 is 37.8. The largest absolute Gasteiger partial charge is 0.480 e. The summed E-state index contributed by atoms with van der Waals surface area (Å²) in [5.74, 6) is -3.05. The van der Waals surface area contributed by atoms with Gasteiger partial charge in [0, 0.05) is 36.5 Å². The molecule has 1 unspecified atom stereocenters. The van der Waals surface area contributed by atoms with Crippen molar-refractivity contribution in [2.24, 2.45) is 5.92 Å². The molecule has 0 spiro atoms. The number of aromatic nitrogens is 1. The molecule has 6 nitrogen and oxygen atoms in total. The van der Waals surface area contributed by atoms with Gasteiger partial charge in [0.25, 0.3) is 5.56 Å². The third kappa shape index (κ3) is 3.95. The van der Waals surface area contributed by atoms with Gasteiger partial charge in [0.15, 0.2) is 14.6 Å². The van der Waals surface area contributed by atoms with Crippen molar-refractivity contribution in [3.05, 3.63) is 58.8 Å². The van der Waals surface area contributed by atoms with Gasteiger partial charge >= 0.3 is 5.97 Å². The Kier molecular flexibility index (Phi) is 5.89. The van der Waals surface area contributed by atoms with E-state index in [2.05, 4.69) is 0 Å². The lowest BCUT2D eigenvalue weighted by atomic mass is 9.90. The van der Waals surface area contributed by atoms with E-state index >= 15 is 0 Å². The highest BCUT2D eigenvalue weighted by Crippen LogP contribution is 2.31. The van der Waals surface area contributed by atoms with Crippen LogP contribution in [0.15, 0.2) is 47.4 Å². The molecular weight excluding hydrogens is 373 g/mol. The normalized spacial score (nSPS) is 15.1. The topological polar surface area (TPSA) is 93.4 Å². The third-order valence-electron chi connectivity index (χ3n) is 5.05. The number of carboxylic acid groups (broad SMARTS) is 1. The summed E-state index contributed by atoms with van der Waals surface area (Å²) in [4.78, 5) is 24.2. The van der Waals surface area contributed by atoms with E-state index in [4.69, 9.17) is 0 Å². The van der Waals surface area contributed by atoms with Crippen LogP contribution in [0.1, 0.15) is 20.3 Å². The van der Waals surface area contributed by atoms with Gasteiger partial charge in [0.2, 0.25) is 0 Å². The predicted molar refractivity (Wildman–Crippen MR) is 101 cm³/mol. The molecule has 1 heterocycles. The first-order valence-electron chi connectivity index (χ1n) is 8.40. The molecule has 146 valence electrons. The molecule has 1 aromatic carbocycles. The molecule has 0 saturated heterocycles. The Morgan fingerprint density at radius 3 is 2.37 bits per heavy atom. The van der Waals surface area contributed by atoms with E-state index in [9.17, 15) is 27.5 Å². The van der Waals surface area contributed by atoms with Gasteiger partial charge in [-0.1, -0.05) is 37.3 Å². The lowest BCUT2D eigenvalue weighted by molar-refractivity contribution is -0.141. The minimum absolute atomic E-state index is 0.133. The zero-order valence-electron chi connectivity index (χ0n) is 15.3. The summed E-state index contributed by atoms with van der Waals surface area (Å²) in [6, 6.07) is 9.68. The third-order valence-corrected chi connectivity index (χ3v) is 7.09. The van der Waals surface area contributed by atoms with Crippen molar-refractivity contribution in [1.82, 2.24) is 4.57 Å². The van der Waals surface area contributed by atoms with E-state index in [0.717, 1.165) is 30.0 Å². The Hall–Kier alpha value is -2.48. The lowest BCUT2D eigenvalue weighted by Crippen LogP contribution is -2.51. The van der Waals surface area contributed by atoms with Gasteiger partial charge in [-0.15, -0.1) is 0 Å². The number of pyridine rings is 1. The highest BCUT2D eigenvalue weighted by atomic mass is 32.2. The molecule has 0 aliphatic rings. The SMILES string of the molecule is CCC(Cn1cc(F)c(-c2ccccc2)cc1=O)[C@](C)(C(=O)O)S(C)(=O)=O. The molecule has 0 fully saturated rings. The maximum Gasteiger partial charge on any atom is 0.325 e. The molecule has 0 aliphatic heterocycles. The van der Waals surface area contributed by atoms with Gasteiger partial charge in [-0.2, -0.15) is 0 Å². The molecule has 8 heteroatoms. The number of nitrogens with zero attached hydrogens (tertiary/aromatic N) is 1. The van der Waals surface area contributed by atoms with Gasteiger partial charge in [0.05, 0.1) is 0 Å². The molecule has 0 aliphatic carbocycles. The Morgan fingerprint density at radius 2 is 1.89 bits per heavy atom. The average Bonchev–Trinajstić information content (AvgIpc) is 2.61. The van der Waals surface area contributed by atoms with Crippen LogP contribution in [0.2, 0.25) is 0 Å². The highest BCUT2D eigenvalue weighted by Gasteiger charge is 2.49. The minimum Gasteiger partial charge on any atom is -0.480 e. The van der Waals surface area contributed by atoms with Crippen LogP contribution < -0.4 is 5.56 Å². The fourth-order valence-corrected chi connectivity index (χ4v) is 4.26. The van der Waals surface area contributed by atoms with Crippen molar-refractivity contribution in [3.63, 3.8) is 0 Å². The number of halogens is 1. The number of benzene rings is 1. The van der Waals surface area contributed by atoms with Crippen LogP contribution >= 0.6 is 0 Å². The van der Waals surface area contributed by atoms with Crippen LogP contribution in [-0.4, -0.2) is 35.1 Å². The second-order valence-electron chi connectivity index (χ2n) is 6.68. The molecule has 1 N–H and O–H groups in total. The van der Waals surface area contributed by atoms with E-state index in [1.54, 1.807) is 37.3 Å². The van der Waals surface area contributed by atoms with Crippen LogP contribution in [0.5, 0.6) is 0 Å². The van der Waals surface area contributed by atoms with E-state index in [0.29, 0.717) is 5.56 Å². The lowest BCUT2D eigenvalue weighted by Gasteiger charge is -2.32. The van der Waals surface area contributed by atoms with E-state index < -0.39 is 37.8 Å². The number of aliphatic carboxylic acids is 1. The maximum absolute atomic E-state index is 14.6. The minimum atomic E-state index is -3.98. The van der Waals surface area contributed by atoms with Crippen molar-refractivity contribution in [2.75, 3.05) is 6.26 Å². The highest BCUT2D eigenvalue weighted by molar-refractivity contribution is 7.92. The number of hydrogen-bond donors (Lipinski definition) is 1. The maximum atomic E-state index is 14.6. The van der Waals surface area contributed by atoms with Gasteiger partial charge in [-0.25, -0.2) is 12.8 Å². The molecule has 2 rings (SSSR count). The second-order valence-corrected chi connectivity index (χ2v) is 9.07. The van der Waals surface area contributed by atoms with Crippen LogP contribution in [0.4, 0.5) is 4.39 Å². The van der Waals surface area contributed by atoms with Gasteiger partial charge < -0.3 is 9.67 Å². The first-order valence-corrected chi connectivity index (χ1v) is 10.3. The van der Waals surface area contributed by atoms with Crippen molar-refractivity contribution < 1.29 is 22.7 Å². The van der Waals surface area contributed by atoms with Crippen LogP contribution in [-0.2, 0) is 21.2 Å². The molecule has 0 bridgehead atoms. The van der Waals surface area contributed by atoms with Gasteiger partial charge in [0.1, 0.15) is 5.82 Å². The van der Waals surface area contributed by atoms with Crippen LogP contribution in [0.3, 0.4) is 0 Å².